The number of benzene rings is 2. The van der Waals surface area contributed by atoms with Gasteiger partial charge in [0.2, 0.25) is 11.8 Å². The van der Waals surface area contributed by atoms with Crippen molar-refractivity contribution in [2.45, 2.75) is 75.2 Å². The van der Waals surface area contributed by atoms with E-state index in [1.165, 1.54) is 19.8 Å². The minimum atomic E-state index is -4.39. The molecular formula is C29H36Cl2N4O5S. The predicted molar refractivity (Wildman–Crippen MR) is 161 cm³/mol. The average molecular weight is 624 g/mol. The van der Waals surface area contributed by atoms with E-state index in [2.05, 4.69) is 16.3 Å². The van der Waals surface area contributed by atoms with Crippen LogP contribution in [0.4, 0.5) is 11.4 Å². The summed E-state index contributed by atoms with van der Waals surface area (Å²) in [6.07, 6.45) is 4.97. The molecule has 2 aromatic carbocycles. The molecule has 1 aliphatic heterocycles. The van der Waals surface area contributed by atoms with Crippen LogP contribution in [0.5, 0.6) is 0 Å². The molecule has 222 valence electrons. The van der Waals surface area contributed by atoms with Crippen LogP contribution in [0.25, 0.3) is 0 Å². The Morgan fingerprint density at radius 3 is 2.34 bits per heavy atom. The van der Waals surface area contributed by atoms with Gasteiger partial charge in [0.25, 0.3) is 10.1 Å². The molecule has 2 amide bonds. The summed E-state index contributed by atoms with van der Waals surface area (Å²) < 4.78 is 32.3. The molecule has 12 heteroatoms. The van der Waals surface area contributed by atoms with Crippen LogP contribution < -0.4 is 20.9 Å². The Kier molecular flexibility index (Phi) is 8.61. The van der Waals surface area contributed by atoms with Gasteiger partial charge in [-0.15, -0.1) is 0 Å². The average Bonchev–Trinajstić information content (AvgIpc) is 3.85. The highest BCUT2D eigenvalue weighted by atomic mass is 35.5. The van der Waals surface area contributed by atoms with Crippen molar-refractivity contribution >= 4 is 56.5 Å². The summed E-state index contributed by atoms with van der Waals surface area (Å²) in [4.78, 5) is 29.9. The number of carbonyl (C=O) groups excluding carboxylic acids is 2. The number of nitrogens with two attached hydrogens (primary N) is 1. The Bertz CT molecular complexity index is 1440. The minimum Gasteiger partial charge on any atom is -0.369 e. The lowest BCUT2D eigenvalue weighted by Crippen LogP contribution is -2.53. The summed E-state index contributed by atoms with van der Waals surface area (Å²) in [6.45, 7) is 3.14. The molecule has 2 aliphatic carbocycles. The van der Waals surface area contributed by atoms with Crippen molar-refractivity contribution in [3.8, 4) is 0 Å². The number of hydrogen-bond acceptors (Lipinski definition) is 6. The van der Waals surface area contributed by atoms with Crippen molar-refractivity contribution in [1.82, 2.24) is 5.32 Å². The highest BCUT2D eigenvalue weighted by Gasteiger charge is 2.52. The second kappa shape index (κ2) is 11.7. The van der Waals surface area contributed by atoms with Crippen molar-refractivity contribution in [2.75, 3.05) is 22.9 Å². The number of para-hydroxylation sites is 2. The molecule has 1 heterocycles. The third kappa shape index (κ3) is 6.51. The van der Waals surface area contributed by atoms with Gasteiger partial charge in [0, 0.05) is 35.7 Å². The van der Waals surface area contributed by atoms with Crippen molar-refractivity contribution in [2.24, 2.45) is 11.7 Å². The van der Waals surface area contributed by atoms with Crippen LogP contribution in [0.3, 0.4) is 0 Å². The number of hydrogen-bond donors (Lipinski definition) is 3. The highest BCUT2D eigenvalue weighted by Crippen LogP contribution is 2.44. The number of aryl methyl sites for hydroxylation is 1. The molecular weight excluding hydrogens is 587 g/mol. The lowest BCUT2D eigenvalue weighted by molar-refractivity contribution is -0.122. The van der Waals surface area contributed by atoms with Crippen molar-refractivity contribution in [3.63, 3.8) is 0 Å². The van der Waals surface area contributed by atoms with E-state index in [1.54, 1.807) is 12.1 Å². The fourth-order valence-electron chi connectivity index (χ4n) is 5.76. The topological polar surface area (TPSA) is 133 Å². The van der Waals surface area contributed by atoms with E-state index in [0.717, 1.165) is 41.9 Å². The second-order valence-electron chi connectivity index (χ2n) is 11.5. The van der Waals surface area contributed by atoms with E-state index in [0.29, 0.717) is 42.0 Å². The maximum Gasteiger partial charge on any atom is 0.268 e. The quantitative estimate of drug-likeness (QED) is 0.300. The maximum absolute atomic E-state index is 13.8. The van der Waals surface area contributed by atoms with Crippen LogP contribution >= 0.6 is 23.2 Å². The fraction of sp³-hybridized carbons (Fsp3) is 0.517. The molecule has 0 spiro atoms. The number of amides is 2. The first-order chi connectivity index (χ1) is 19.4. The van der Waals surface area contributed by atoms with Gasteiger partial charge in [0.15, 0.2) is 0 Å². The van der Waals surface area contributed by atoms with Gasteiger partial charge in [-0.05, 0) is 87.3 Å². The van der Waals surface area contributed by atoms with Gasteiger partial charge in [0.1, 0.15) is 0 Å². The van der Waals surface area contributed by atoms with Crippen LogP contribution in [0.2, 0.25) is 10.0 Å². The molecule has 2 fully saturated rings. The van der Waals surface area contributed by atoms with Gasteiger partial charge >= 0.3 is 0 Å². The minimum absolute atomic E-state index is 0.0855. The van der Waals surface area contributed by atoms with E-state index < -0.39 is 32.7 Å². The van der Waals surface area contributed by atoms with Gasteiger partial charge in [0.05, 0.1) is 28.1 Å². The van der Waals surface area contributed by atoms with E-state index in [4.69, 9.17) is 28.9 Å². The normalized spacial score (nSPS) is 19.4. The first kappa shape index (κ1) is 30.1. The second-order valence-corrected chi connectivity index (χ2v) is 14.0. The largest absolute Gasteiger partial charge is 0.369 e. The standard InChI is InChI=1S/C29H36Cl2N4O5S/c1-18(41(38,39)40)22(27(32)36)6-4-5-19-15-24(31)20(16-23(19)30)17-33-29(11-12-29)28(37)35-14-13-34(21-9-10-21)25-7-2-3-8-26(25)35/h2-3,7-8,15-16,18,21-22,33H,4-6,9-14,17H2,1H3,(H2,32,36)(H,38,39,40). The molecule has 0 bridgehead atoms. The fourth-order valence-corrected chi connectivity index (χ4v) is 6.98. The molecule has 2 unspecified atom stereocenters. The molecule has 41 heavy (non-hydrogen) atoms. The summed E-state index contributed by atoms with van der Waals surface area (Å²) in [7, 11) is -4.39. The third-order valence-corrected chi connectivity index (χ3v) is 10.6. The molecule has 0 saturated heterocycles. The Morgan fingerprint density at radius 2 is 1.73 bits per heavy atom. The Morgan fingerprint density at radius 1 is 1.10 bits per heavy atom. The third-order valence-electron chi connectivity index (χ3n) is 8.63. The molecule has 2 saturated carbocycles. The molecule has 4 N–H and O–H groups in total. The number of fused-ring (bicyclic) bond motifs is 1. The van der Waals surface area contributed by atoms with Crippen molar-refractivity contribution in [1.29, 1.82) is 0 Å². The van der Waals surface area contributed by atoms with Crippen LogP contribution in [-0.2, 0) is 32.7 Å². The number of primary amides is 1. The number of anilines is 2. The smallest absolute Gasteiger partial charge is 0.268 e. The van der Waals surface area contributed by atoms with E-state index in [9.17, 15) is 22.6 Å². The molecule has 0 radical (unpaired) electrons. The summed E-state index contributed by atoms with van der Waals surface area (Å²) in [6, 6.07) is 12.3. The number of carbonyl (C=O) groups is 2. The van der Waals surface area contributed by atoms with E-state index in [-0.39, 0.29) is 12.3 Å². The highest BCUT2D eigenvalue weighted by molar-refractivity contribution is 7.86. The van der Waals surface area contributed by atoms with Crippen LogP contribution in [0.15, 0.2) is 36.4 Å². The van der Waals surface area contributed by atoms with Gasteiger partial charge in [-0.1, -0.05) is 35.3 Å². The van der Waals surface area contributed by atoms with Gasteiger partial charge in [-0.3, -0.25) is 19.5 Å². The maximum atomic E-state index is 13.8. The Hall–Kier alpha value is -2.37. The van der Waals surface area contributed by atoms with Crippen LogP contribution in [-0.4, -0.2) is 54.7 Å². The van der Waals surface area contributed by atoms with E-state index in [1.807, 2.05) is 23.1 Å². The number of nitrogens with one attached hydrogen (secondary N) is 1. The van der Waals surface area contributed by atoms with Crippen molar-refractivity contribution in [3.05, 3.63) is 57.6 Å². The molecule has 3 aliphatic rings. The first-order valence-electron chi connectivity index (χ1n) is 14.1. The summed E-state index contributed by atoms with van der Waals surface area (Å²) in [5.74, 6) is -1.71. The summed E-state index contributed by atoms with van der Waals surface area (Å²) in [5, 5.41) is 3.17. The SMILES string of the molecule is CC(C(CCCc1cc(Cl)c(CNC2(C(=O)N3CCN(C4CC4)c4ccccc43)CC2)cc1Cl)C(N)=O)S(=O)(=O)O. The van der Waals surface area contributed by atoms with Crippen LogP contribution in [0, 0.1) is 5.92 Å². The zero-order chi connectivity index (χ0) is 29.5. The number of rotatable bonds is 12. The van der Waals surface area contributed by atoms with Gasteiger partial charge in [-0.25, -0.2) is 0 Å². The predicted octanol–water partition coefficient (Wildman–Crippen LogP) is 4.33. The monoisotopic (exact) mass is 622 g/mol. The lowest BCUT2D eigenvalue weighted by atomic mass is 9.96. The molecule has 2 atom stereocenters. The molecule has 5 rings (SSSR count). The molecule has 0 aromatic heterocycles. The number of nitrogens with zero attached hydrogens (tertiary/aromatic N) is 2. The Balaban J connectivity index is 1.21. The Labute approximate surface area is 251 Å². The van der Waals surface area contributed by atoms with Gasteiger partial charge < -0.3 is 15.5 Å². The first-order valence-corrected chi connectivity index (χ1v) is 16.3. The van der Waals surface area contributed by atoms with Crippen LogP contribution in [0.1, 0.15) is 56.6 Å². The zero-order valence-electron chi connectivity index (χ0n) is 23.0. The zero-order valence-corrected chi connectivity index (χ0v) is 25.3. The number of halogens is 2. The van der Waals surface area contributed by atoms with Crippen molar-refractivity contribution < 1.29 is 22.6 Å². The molecule has 9 nitrogen and oxygen atoms in total. The lowest BCUT2D eigenvalue weighted by Gasteiger charge is -2.39. The molecule has 2 aromatic rings. The van der Waals surface area contributed by atoms with Gasteiger partial charge in [-0.2, -0.15) is 8.42 Å². The summed E-state index contributed by atoms with van der Waals surface area (Å²) in [5.41, 5.74) is 8.38. The summed E-state index contributed by atoms with van der Waals surface area (Å²) >= 11 is 13.2. The van der Waals surface area contributed by atoms with E-state index >= 15 is 0 Å².